The van der Waals surface area contributed by atoms with Crippen LogP contribution in [0.15, 0.2) is 24.3 Å². The number of carbonyl (C=O) groups excluding carboxylic acids is 1. The predicted molar refractivity (Wildman–Crippen MR) is 94.5 cm³/mol. The molecule has 1 aliphatic heterocycles. The maximum absolute atomic E-state index is 11.7. The summed E-state index contributed by atoms with van der Waals surface area (Å²) in [5.74, 6) is 1.48. The van der Waals surface area contributed by atoms with Crippen LogP contribution in [0, 0.1) is 5.92 Å². The second-order valence-corrected chi connectivity index (χ2v) is 5.65. The third-order valence-corrected chi connectivity index (χ3v) is 3.80. The number of amides is 1. The van der Waals surface area contributed by atoms with Gasteiger partial charge in [0.2, 0.25) is 5.91 Å². The van der Waals surface area contributed by atoms with Crippen molar-refractivity contribution in [3.05, 3.63) is 24.3 Å². The van der Waals surface area contributed by atoms with Crippen molar-refractivity contribution in [3.63, 3.8) is 0 Å². The van der Waals surface area contributed by atoms with Crippen LogP contribution in [0.1, 0.15) is 25.7 Å². The van der Waals surface area contributed by atoms with E-state index in [9.17, 15) is 4.79 Å². The van der Waals surface area contributed by atoms with Gasteiger partial charge < -0.3 is 20.1 Å². The smallest absolute Gasteiger partial charge is 0.224 e. The highest BCUT2D eigenvalue weighted by Crippen LogP contribution is 2.19. The van der Waals surface area contributed by atoms with Crippen molar-refractivity contribution < 1.29 is 14.3 Å². The SMILES string of the molecule is CNCCCC(=O)Nc1ccc(OCC2CCOCC2)cc1.Cl. The van der Waals surface area contributed by atoms with Gasteiger partial charge in [0.05, 0.1) is 6.61 Å². The predicted octanol–water partition coefficient (Wildman–Crippen LogP) is 2.85. The minimum atomic E-state index is 0. The van der Waals surface area contributed by atoms with E-state index < -0.39 is 0 Å². The Morgan fingerprint density at radius 3 is 2.61 bits per heavy atom. The Morgan fingerprint density at radius 2 is 1.96 bits per heavy atom. The number of hydrogen-bond donors (Lipinski definition) is 2. The first kappa shape index (κ1) is 19.7. The molecule has 0 saturated carbocycles. The Labute approximate surface area is 144 Å². The number of ether oxygens (including phenoxy) is 2. The van der Waals surface area contributed by atoms with Crippen molar-refractivity contribution in [2.24, 2.45) is 5.92 Å². The molecule has 0 bridgehead atoms. The molecule has 0 atom stereocenters. The van der Waals surface area contributed by atoms with Crippen molar-refractivity contribution in [1.29, 1.82) is 0 Å². The van der Waals surface area contributed by atoms with Crippen LogP contribution in [0.5, 0.6) is 5.75 Å². The first-order valence-electron chi connectivity index (χ1n) is 8.03. The van der Waals surface area contributed by atoms with E-state index in [4.69, 9.17) is 9.47 Å². The van der Waals surface area contributed by atoms with Crippen molar-refractivity contribution in [2.45, 2.75) is 25.7 Å². The summed E-state index contributed by atoms with van der Waals surface area (Å²) < 4.78 is 11.1. The summed E-state index contributed by atoms with van der Waals surface area (Å²) in [6.45, 7) is 3.27. The van der Waals surface area contributed by atoms with Crippen LogP contribution in [0.3, 0.4) is 0 Å². The fourth-order valence-corrected chi connectivity index (χ4v) is 2.41. The quantitative estimate of drug-likeness (QED) is 0.713. The number of hydrogen-bond acceptors (Lipinski definition) is 4. The first-order chi connectivity index (χ1) is 10.8. The topological polar surface area (TPSA) is 59.6 Å². The zero-order chi connectivity index (χ0) is 15.6. The van der Waals surface area contributed by atoms with Crippen LogP contribution < -0.4 is 15.4 Å². The van der Waals surface area contributed by atoms with E-state index in [0.29, 0.717) is 12.3 Å². The normalized spacial score (nSPS) is 14.8. The van der Waals surface area contributed by atoms with E-state index in [0.717, 1.165) is 57.1 Å². The Hall–Kier alpha value is -1.30. The second kappa shape index (κ2) is 11.3. The van der Waals surface area contributed by atoms with E-state index >= 15 is 0 Å². The van der Waals surface area contributed by atoms with Crippen molar-refractivity contribution in [2.75, 3.05) is 38.7 Å². The Balaban J connectivity index is 0.00000264. The summed E-state index contributed by atoms with van der Waals surface area (Å²) in [4.78, 5) is 11.7. The zero-order valence-electron chi connectivity index (χ0n) is 13.7. The van der Waals surface area contributed by atoms with Gasteiger partial charge in [-0.25, -0.2) is 0 Å². The lowest BCUT2D eigenvalue weighted by Gasteiger charge is -2.22. The molecule has 6 heteroatoms. The zero-order valence-corrected chi connectivity index (χ0v) is 14.5. The molecule has 1 saturated heterocycles. The minimum Gasteiger partial charge on any atom is -0.493 e. The highest BCUT2D eigenvalue weighted by Gasteiger charge is 2.14. The highest BCUT2D eigenvalue weighted by molar-refractivity contribution is 5.90. The first-order valence-corrected chi connectivity index (χ1v) is 8.03. The monoisotopic (exact) mass is 342 g/mol. The van der Waals surface area contributed by atoms with Crippen LogP contribution in [-0.2, 0) is 9.53 Å². The lowest BCUT2D eigenvalue weighted by atomic mass is 10.0. The molecular formula is C17H27ClN2O3. The molecule has 1 aromatic carbocycles. The minimum absolute atomic E-state index is 0. The van der Waals surface area contributed by atoms with Crippen LogP contribution in [0.25, 0.3) is 0 Å². The summed E-state index contributed by atoms with van der Waals surface area (Å²) in [5, 5.41) is 5.93. The third kappa shape index (κ3) is 7.68. The van der Waals surface area contributed by atoms with Gasteiger partial charge in [-0.1, -0.05) is 0 Å². The molecular weight excluding hydrogens is 316 g/mol. The van der Waals surface area contributed by atoms with Gasteiger partial charge in [0, 0.05) is 25.3 Å². The molecule has 0 unspecified atom stereocenters. The van der Waals surface area contributed by atoms with E-state index in [1.165, 1.54) is 0 Å². The average molecular weight is 343 g/mol. The second-order valence-electron chi connectivity index (χ2n) is 5.65. The Morgan fingerprint density at radius 1 is 1.26 bits per heavy atom. The molecule has 1 fully saturated rings. The number of benzene rings is 1. The standard InChI is InChI=1S/C17H26N2O3.ClH/c1-18-10-2-3-17(20)19-15-4-6-16(7-5-15)22-13-14-8-11-21-12-9-14;/h4-7,14,18H,2-3,8-13H2,1H3,(H,19,20);1H. The average Bonchev–Trinajstić information content (AvgIpc) is 2.55. The number of carbonyl (C=O) groups is 1. The molecule has 1 amide bonds. The molecule has 5 nitrogen and oxygen atoms in total. The van der Waals surface area contributed by atoms with Gasteiger partial charge in [-0.3, -0.25) is 4.79 Å². The Bertz CT molecular complexity index is 448. The van der Waals surface area contributed by atoms with Gasteiger partial charge in [0.1, 0.15) is 5.75 Å². The van der Waals surface area contributed by atoms with Crippen LogP contribution >= 0.6 is 12.4 Å². The summed E-state index contributed by atoms with van der Waals surface area (Å²) in [7, 11) is 1.89. The van der Waals surface area contributed by atoms with Crippen molar-refractivity contribution in [1.82, 2.24) is 5.32 Å². The van der Waals surface area contributed by atoms with Crippen LogP contribution in [-0.4, -0.2) is 39.3 Å². The molecule has 0 radical (unpaired) electrons. The van der Waals surface area contributed by atoms with Crippen molar-refractivity contribution in [3.8, 4) is 5.75 Å². The molecule has 2 N–H and O–H groups in total. The van der Waals surface area contributed by atoms with Gasteiger partial charge >= 0.3 is 0 Å². The van der Waals surface area contributed by atoms with Crippen LogP contribution in [0.2, 0.25) is 0 Å². The fourth-order valence-electron chi connectivity index (χ4n) is 2.41. The molecule has 1 aliphatic rings. The maximum Gasteiger partial charge on any atom is 0.224 e. The number of halogens is 1. The van der Waals surface area contributed by atoms with E-state index in [-0.39, 0.29) is 18.3 Å². The molecule has 2 rings (SSSR count). The molecule has 1 aromatic rings. The number of rotatable bonds is 8. The molecule has 0 aliphatic carbocycles. The van der Waals surface area contributed by atoms with Gasteiger partial charge in [0.25, 0.3) is 0 Å². The molecule has 0 spiro atoms. The summed E-state index contributed by atoms with van der Waals surface area (Å²) in [5.41, 5.74) is 0.813. The van der Waals surface area contributed by atoms with Gasteiger partial charge in [-0.2, -0.15) is 0 Å². The summed E-state index contributed by atoms with van der Waals surface area (Å²) >= 11 is 0. The van der Waals surface area contributed by atoms with E-state index in [2.05, 4.69) is 10.6 Å². The number of anilines is 1. The van der Waals surface area contributed by atoms with Crippen molar-refractivity contribution >= 4 is 24.0 Å². The highest BCUT2D eigenvalue weighted by atomic mass is 35.5. The molecule has 0 aromatic heterocycles. The van der Waals surface area contributed by atoms with Gasteiger partial charge in [-0.15, -0.1) is 12.4 Å². The summed E-state index contributed by atoms with van der Waals surface area (Å²) in [6, 6.07) is 7.58. The van der Waals surface area contributed by atoms with Gasteiger partial charge in [-0.05, 0) is 63.0 Å². The molecule has 1 heterocycles. The lowest BCUT2D eigenvalue weighted by molar-refractivity contribution is -0.116. The molecule has 23 heavy (non-hydrogen) atoms. The molecule has 130 valence electrons. The maximum atomic E-state index is 11.7. The van der Waals surface area contributed by atoms with E-state index in [1.54, 1.807) is 0 Å². The lowest BCUT2D eigenvalue weighted by Crippen LogP contribution is -2.21. The largest absolute Gasteiger partial charge is 0.493 e. The Kier molecular flexibility index (Phi) is 9.67. The van der Waals surface area contributed by atoms with Crippen LogP contribution in [0.4, 0.5) is 5.69 Å². The third-order valence-electron chi connectivity index (χ3n) is 3.80. The summed E-state index contributed by atoms with van der Waals surface area (Å²) in [6.07, 6.45) is 3.51. The number of nitrogens with one attached hydrogen (secondary N) is 2. The van der Waals surface area contributed by atoms with Gasteiger partial charge in [0.15, 0.2) is 0 Å². The van der Waals surface area contributed by atoms with E-state index in [1.807, 2.05) is 31.3 Å². The fraction of sp³-hybridized carbons (Fsp3) is 0.588.